The first-order chi connectivity index (χ1) is 20.0. The van der Waals surface area contributed by atoms with Crippen molar-refractivity contribution >= 4 is 33.3 Å². The van der Waals surface area contributed by atoms with Crippen molar-refractivity contribution in [3.05, 3.63) is 95.8 Å². The average molecular weight is 590 g/mol. The number of likely N-dealkylation sites (N-methyl/N-ethyl adjacent to an activating group) is 1. The van der Waals surface area contributed by atoms with Crippen LogP contribution in [0.2, 0.25) is 0 Å². The fourth-order valence-corrected chi connectivity index (χ4v) is 4.35. The molecule has 4 aromatic rings. The van der Waals surface area contributed by atoms with Crippen LogP contribution in [-0.2, 0) is 16.7 Å². The number of aromatic nitrogens is 3. The molecular formula is C30H35N7O4S. The highest BCUT2D eigenvalue weighted by molar-refractivity contribution is 7.84. The number of piperazine rings is 1. The highest BCUT2D eigenvalue weighted by Crippen LogP contribution is 2.24. The smallest absolute Gasteiger partial charge is 0.255 e. The molecule has 3 heterocycles. The molecule has 1 fully saturated rings. The molecule has 2 aromatic heterocycles. The lowest BCUT2D eigenvalue weighted by Gasteiger charge is -2.29. The first-order valence-corrected chi connectivity index (χ1v) is 15.3. The van der Waals surface area contributed by atoms with Crippen molar-refractivity contribution in [2.24, 2.45) is 0 Å². The average Bonchev–Trinajstić information content (AvgIpc) is 2.96. The Kier molecular flexibility index (Phi) is 10.3. The molecule has 2 aromatic carbocycles. The molecule has 0 unspecified atom stereocenters. The summed E-state index contributed by atoms with van der Waals surface area (Å²) < 4.78 is 27.2. The molecule has 1 aliphatic rings. The lowest BCUT2D eigenvalue weighted by atomic mass is 10.1. The molecule has 0 saturated carbocycles. The summed E-state index contributed by atoms with van der Waals surface area (Å²) in [4.78, 5) is 30.3. The highest BCUT2D eigenvalue weighted by Gasteiger charge is 2.17. The number of hydrogen-bond donors (Lipinski definition) is 3. The van der Waals surface area contributed by atoms with Crippen LogP contribution in [0.3, 0.4) is 0 Å². The van der Waals surface area contributed by atoms with Gasteiger partial charge in [0.25, 0.3) is 5.91 Å². The maximum absolute atomic E-state index is 12.9. The predicted octanol–water partition coefficient (Wildman–Crippen LogP) is 2.33. The maximum atomic E-state index is 12.9. The van der Waals surface area contributed by atoms with E-state index >= 15 is 0 Å². The Balaban J connectivity index is 0.000000748. The lowest BCUT2D eigenvalue weighted by molar-refractivity contribution is -0.884. The van der Waals surface area contributed by atoms with Crippen molar-refractivity contribution < 1.29 is 22.7 Å². The number of nitrogens with zero attached hydrogens (tertiary/aromatic N) is 4. The number of hydrogen-bond acceptors (Lipinski definition) is 9. The van der Waals surface area contributed by atoms with Gasteiger partial charge in [-0.25, -0.2) is 18.4 Å². The van der Waals surface area contributed by atoms with Crippen molar-refractivity contribution in [2.75, 3.05) is 50.1 Å². The predicted molar refractivity (Wildman–Crippen MR) is 162 cm³/mol. The second-order valence-electron chi connectivity index (χ2n) is 10.2. The van der Waals surface area contributed by atoms with Crippen molar-refractivity contribution in [1.82, 2.24) is 19.9 Å². The molecule has 1 saturated heterocycles. The van der Waals surface area contributed by atoms with E-state index in [1.54, 1.807) is 17.3 Å². The molecule has 0 bridgehead atoms. The molecule has 1 aliphatic heterocycles. The minimum absolute atomic E-state index is 0.141. The van der Waals surface area contributed by atoms with E-state index in [9.17, 15) is 4.79 Å². The van der Waals surface area contributed by atoms with Crippen LogP contribution in [-0.4, -0.2) is 78.2 Å². The van der Waals surface area contributed by atoms with Gasteiger partial charge >= 0.3 is 0 Å². The Morgan fingerprint density at radius 1 is 0.976 bits per heavy atom. The third-order valence-electron chi connectivity index (χ3n) is 6.66. The van der Waals surface area contributed by atoms with E-state index < -0.39 is 10.1 Å². The summed E-state index contributed by atoms with van der Waals surface area (Å²) in [5.41, 5.74) is 5.90. The number of benzene rings is 2. The van der Waals surface area contributed by atoms with Crippen molar-refractivity contribution in [1.29, 1.82) is 0 Å². The number of amides is 1. The fraction of sp³-hybridized carbons (Fsp3) is 0.267. The Morgan fingerprint density at radius 2 is 1.69 bits per heavy atom. The first-order valence-electron chi connectivity index (χ1n) is 13.5. The van der Waals surface area contributed by atoms with Crippen LogP contribution in [0.25, 0.3) is 11.4 Å². The molecule has 42 heavy (non-hydrogen) atoms. The maximum Gasteiger partial charge on any atom is 0.255 e. The SMILES string of the molecule is CS(=O)(=O)[O-].Cc1ccc(NC(=O)c2ccc(CN3CC[NH+](C)CC3)cc2)cc1Nc1nccc(-c2ccccn2)n1. The number of carbonyl (C=O) groups excluding carboxylic acids is 1. The normalized spacial score (nSPS) is 14.0. The van der Waals surface area contributed by atoms with E-state index in [1.807, 2.05) is 73.7 Å². The fourth-order valence-electron chi connectivity index (χ4n) is 4.35. The van der Waals surface area contributed by atoms with Crippen LogP contribution in [0.15, 0.2) is 79.1 Å². The van der Waals surface area contributed by atoms with Gasteiger partial charge in [0.1, 0.15) is 0 Å². The van der Waals surface area contributed by atoms with Gasteiger partial charge in [-0.05, 0) is 60.5 Å². The van der Waals surface area contributed by atoms with E-state index in [0.29, 0.717) is 23.5 Å². The third-order valence-corrected chi connectivity index (χ3v) is 6.66. The largest absolute Gasteiger partial charge is 0.748 e. The number of quaternary nitrogens is 1. The van der Waals surface area contributed by atoms with Crippen LogP contribution < -0.4 is 15.5 Å². The third kappa shape index (κ3) is 9.70. The molecule has 5 rings (SSSR count). The van der Waals surface area contributed by atoms with Gasteiger partial charge in [0.2, 0.25) is 5.95 Å². The Morgan fingerprint density at radius 3 is 2.36 bits per heavy atom. The second-order valence-corrected chi connectivity index (χ2v) is 11.6. The summed E-state index contributed by atoms with van der Waals surface area (Å²) in [6.07, 6.45) is 4.05. The van der Waals surface area contributed by atoms with Gasteiger partial charge in [0.15, 0.2) is 0 Å². The van der Waals surface area contributed by atoms with Gasteiger partial charge in [-0.15, -0.1) is 0 Å². The summed E-state index contributed by atoms with van der Waals surface area (Å²) in [6, 6.07) is 21.2. The van der Waals surface area contributed by atoms with E-state index in [4.69, 9.17) is 13.0 Å². The van der Waals surface area contributed by atoms with Gasteiger partial charge < -0.3 is 20.1 Å². The van der Waals surface area contributed by atoms with Crippen molar-refractivity contribution in [3.63, 3.8) is 0 Å². The summed E-state index contributed by atoms with van der Waals surface area (Å²) in [6.45, 7) is 7.49. The summed E-state index contributed by atoms with van der Waals surface area (Å²) >= 11 is 0. The molecule has 0 atom stereocenters. The number of nitrogens with one attached hydrogen (secondary N) is 3. The van der Waals surface area contributed by atoms with E-state index in [0.717, 1.165) is 42.3 Å². The number of aryl methyl sites for hydroxylation is 1. The van der Waals surface area contributed by atoms with E-state index in [2.05, 4.69) is 37.5 Å². The Labute approximate surface area is 246 Å². The zero-order valence-corrected chi connectivity index (χ0v) is 24.7. The second kappa shape index (κ2) is 14.1. The molecule has 0 aliphatic carbocycles. The van der Waals surface area contributed by atoms with Gasteiger partial charge in [-0.2, -0.15) is 0 Å². The molecule has 12 heteroatoms. The van der Waals surface area contributed by atoms with E-state index in [1.165, 1.54) is 18.7 Å². The standard InChI is InChI=1S/C29H31N7O.CH4O3S/c1-21-6-11-24(19-27(21)34-29-31-14-12-26(33-29)25-5-3-4-13-30-25)32-28(37)23-9-7-22(8-10-23)20-36-17-15-35(2)16-18-36;1-5(2,3)4/h3-14,19H,15-18,20H2,1-2H3,(H,32,37)(H,31,33,34);1H3,(H,2,3,4). The summed E-state index contributed by atoms with van der Waals surface area (Å²) in [7, 11) is -1.67. The van der Waals surface area contributed by atoms with Crippen molar-refractivity contribution in [3.8, 4) is 11.4 Å². The first kappa shape index (κ1) is 30.7. The number of anilines is 3. The molecule has 0 radical (unpaired) electrons. The molecule has 3 N–H and O–H groups in total. The monoisotopic (exact) mass is 589 g/mol. The van der Waals surface area contributed by atoms with Crippen LogP contribution in [0, 0.1) is 6.92 Å². The molecule has 11 nitrogen and oxygen atoms in total. The molecular weight excluding hydrogens is 554 g/mol. The molecule has 1 amide bonds. The minimum Gasteiger partial charge on any atom is -0.748 e. The minimum atomic E-state index is -3.92. The summed E-state index contributed by atoms with van der Waals surface area (Å²) in [5, 5.41) is 6.29. The number of carbonyl (C=O) groups is 1. The number of rotatable bonds is 7. The van der Waals surface area contributed by atoms with Crippen molar-refractivity contribution in [2.45, 2.75) is 13.5 Å². The van der Waals surface area contributed by atoms with Crippen LogP contribution >= 0.6 is 0 Å². The van der Waals surface area contributed by atoms with Crippen LogP contribution in [0.4, 0.5) is 17.3 Å². The van der Waals surface area contributed by atoms with Gasteiger partial charge in [-0.3, -0.25) is 14.7 Å². The quantitative estimate of drug-likeness (QED) is 0.277. The van der Waals surface area contributed by atoms with Gasteiger partial charge in [0, 0.05) is 55.2 Å². The van der Waals surface area contributed by atoms with Crippen LogP contribution in [0.5, 0.6) is 0 Å². The molecule has 220 valence electrons. The topological polar surface area (TPSA) is 145 Å². The zero-order chi connectivity index (χ0) is 30.1. The summed E-state index contributed by atoms with van der Waals surface area (Å²) in [5.74, 6) is 0.324. The Hall–Kier alpha value is -4.23. The van der Waals surface area contributed by atoms with E-state index in [-0.39, 0.29) is 5.91 Å². The Bertz CT molecular complexity index is 1580. The molecule has 0 spiro atoms. The highest BCUT2D eigenvalue weighted by atomic mass is 32.2. The van der Waals surface area contributed by atoms with Gasteiger partial charge in [0.05, 0.1) is 41.6 Å². The zero-order valence-electron chi connectivity index (χ0n) is 23.9. The lowest BCUT2D eigenvalue weighted by Crippen LogP contribution is -3.11. The number of pyridine rings is 1. The van der Waals surface area contributed by atoms with Gasteiger partial charge in [-0.1, -0.05) is 24.3 Å². The van der Waals surface area contributed by atoms with Crippen LogP contribution in [0.1, 0.15) is 21.5 Å².